The Morgan fingerprint density at radius 3 is 2.79 bits per heavy atom. The summed E-state index contributed by atoms with van der Waals surface area (Å²) < 4.78 is 13.7. The molecule has 6 nitrogen and oxygen atoms in total. The minimum absolute atomic E-state index is 0.625. The van der Waals surface area contributed by atoms with E-state index in [9.17, 15) is 0 Å². The molecule has 0 aliphatic rings. The number of nitrogens with zero attached hydrogens (tertiary/aromatic N) is 3. The fourth-order valence-electron chi connectivity index (χ4n) is 3.16. The number of anilines is 2. The molecule has 0 unspecified atom stereocenters. The van der Waals surface area contributed by atoms with Crippen LogP contribution >= 0.6 is 22.6 Å². The number of nitrogens with one attached hydrogen (secondary N) is 1. The Labute approximate surface area is 183 Å². The summed E-state index contributed by atoms with van der Waals surface area (Å²) in [6.07, 6.45) is 5.69. The van der Waals surface area contributed by atoms with Crippen molar-refractivity contribution in [1.82, 2.24) is 14.8 Å². The summed E-state index contributed by atoms with van der Waals surface area (Å²) in [5.41, 5.74) is 4.96. The van der Waals surface area contributed by atoms with Crippen LogP contribution in [0, 0.1) is 3.57 Å². The number of halogens is 1. The number of hydrogen-bond acceptors (Lipinski definition) is 5. The van der Waals surface area contributed by atoms with Crippen molar-refractivity contribution in [1.29, 1.82) is 0 Å². The Morgan fingerprint density at radius 2 is 1.97 bits per heavy atom. The molecular weight excluding hydrogens is 479 g/mol. The Morgan fingerprint density at radius 1 is 1.07 bits per heavy atom. The molecule has 4 rings (SSSR count). The summed E-state index contributed by atoms with van der Waals surface area (Å²) in [5, 5.41) is 9.03. The first-order chi connectivity index (χ1) is 14.2. The van der Waals surface area contributed by atoms with E-state index in [4.69, 9.17) is 9.47 Å². The van der Waals surface area contributed by atoms with E-state index in [1.807, 2.05) is 47.5 Å². The second-order valence-electron chi connectivity index (χ2n) is 6.58. The fraction of sp³-hybridized carbons (Fsp3) is 0.182. The van der Waals surface area contributed by atoms with Gasteiger partial charge in [-0.3, -0.25) is 9.67 Å². The number of benzene rings is 2. The third kappa shape index (κ3) is 4.51. The fourth-order valence-corrected chi connectivity index (χ4v) is 3.65. The first-order valence-electron chi connectivity index (χ1n) is 9.18. The van der Waals surface area contributed by atoms with E-state index in [2.05, 4.69) is 56.2 Å². The van der Waals surface area contributed by atoms with Crippen molar-refractivity contribution in [3.8, 4) is 16.9 Å². The summed E-state index contributed by atoms with van der Waals surface area (Å²) in [7, 11) is 3.36. The summed E-state index contributed by atoms with van der Waals surface area (Å²) in [5.74, 6) is 0.780. The first-order valence-corrected chi connectivity index (χ1v) is 10.3. The minimum Gasteiger partial charge on any atom is -0.497 e. The lowest BCUT2D eigenvalue weighted by molar-refractivity contribution is 0.183. The molecule has 0 amide bonds. The SMILES string of the molecule is COCCn1cc(-c2cc(Nc3ccnc4ccc(I)cc34)cc(OC)c2)cn1. The van der Waals surface area contributed by atoms with Crippen LogP contribution in [0.3, 0.4) is 0 Å². The number of pyridine rings is 1. The van der Waals surface area contributed by atoms with Crippen LogP contribution in [0.25, 0.3) is 22.0 Å². The topological polar surface area (TPSA) is 61.2 Å². The molecule has 0 saturated carbocycles. The van der Waals surface area contributed by atoms with Gasteiger partial charge < -0.3 is 14.8 Å². The molecule has 29 heavy (non-hydrogen) atoms. The van der Waals surface area contributed by atoms with Crippen LogP contribution in [0.4, 0.5) is 11.4 Å². The number of ether oxygens (including phenoxy) is 2. The van der Waals surface area contributed by atoms with Gasteiger partial charge in [-0.2, -0.15) is 5.10 Å². The van der Waals surface area contributed by atoms with E-state index in [1.54, 1.807) is 14.2 Å². The van der Waals surface area contributed by atoms with Gasteiger partial charge >= 0.3 is 0 Å². The average molecular weight is 500 g/mol. The van der Waals surface area contributed by atoms with Gasteiger partial charge in [-0.05, 0) is 64.6 Å². The van der Waals surface area contributed by atoms with E-state index < -0.39 is 0 Å². The van der Waals surface area contributed by atoms with Crippen molar-refractivity contribution in [2.75, 3.05) is 26.1 Å². The Bertz CT molecular complexity index is 1140. The van der Waals surface area contributed by atoms with Crippen LogP contribution in [-0.4, -0.2) is 35.6 Å². The van der Waals surface area contributed by atoms with Gasteiger partial charge in [-0.15, -0.1) is 0 Å². The van der Waals surface area contributed by atoms with Gasteiger partial charge in [0.15, 0.2) is 0 Å². The molecule has 0 radical (unpaired) electrons. The van der Waals surface area contributed by atoms with Gasteiger partial charge in [0.25, 0.3) is 0 Å². The second-order valence-corrected chi connectivity index (χ2v) is 7.83. The monoisotopic (exact) mass is 500 g/mol. The summed E-state index contributed by atoms with van der Waals surface area (Å²) in [6, 6.07) is 14.3. The number of fused-ring (bicyclic) bond motifs is 1. The molecular formula is C22H21IN4O2. The van der Waals surface area contributed by atoms with Gasteiger partial charge in [0, 0.05) is 51.5 Å². The van der Waals surface area contributed by atoms with Gasteiger partial charge in [0.2, 0.25) is 0 Å². The molecule has 2 aromatic carbocycles. The highest BCUT2D eigenvalue weighted by Gasteiger charge is 2.09. The number of aromatic nitrogens is 3. The van der Waals surface area contributed by atoms with E-state index in [0.29, 0.717) is 13.2 Å². The van der Waals surface area contributed by atoms with Gasteiger partial charge in [0.05, 0.1) is 32.0 Å². The summed E-state index contributed by atoms with van der Waals surface area (Å²) in [6.45, 7) is 1.34. The Balaban J connectivity index is 1.69. The lowest BCUT2D eigenvalue weighted by atomic mass is 10.1. The van der Waals surface area contributed by atoms with Crippen molar-refractivity contribution in [3.63, 3.8) is 0 Å². The van der Waals surface area contributed by atoms with E-state index in [1.165, 1.54) is 3.57 Å². The van der Waals surface area contributed by atoms with Crippen LogP contribution in [-0.2, 0) is 11.3 Å². The summed E-state index contributed by atoms with van der Waals surface area (Å²) >= 11 is 2.32. The highest BCUT2D eigenvalue weighted by molar-refractivity contribution is 14.1. The molecule has 0 spiro atoms. The Hall–Kier alpha value is -2.65. The zero-order valence-corrected chi connectivity index (χ0v) is 18.4. The normalized spacial score (nSPS) is 11.0. The molecule has 0 saturated heterocycles. The molecule has 148 valence electrons. The first kappa shape index (κ1) is 19.7. The quantitative estimate of drug-likeness (QED) is 0.358. The van der Waals surface area contributed by atoms with E-state index in [0.717, 1.165) is 39.2 Å². The smallest absolute Gasteiger partial charge is 0.121 e. The molecule has 0 bridgehead atoms. The van der Waals surface area contributed by atoms with Crippen LogP contribution in [0.2, 0.25) is 0 Å². The second kappa shape index (κ2) is 8.79. The third-order valence-electron chi connectivity index (χ3n) is 4.62. The molecule has 0 fully saturated rings. The number of rotatable bonds is 7. The lowest BCUT2D eigenvalue weighted by Crippen LogP contribution is -2.03. The standard InChI is InChI=1S/C22H21IN4O2/c1-28-8-7-27-14-16(13-25-27)15-9-18(12-19(10-15)29-2)26-22-5-6-24-21-4-3-17(23)11-20(21)22/h3-6,9-14H,7-8H2,1-2H3,(H,24,26). The third-order valence-corrected chi connectivity index (χ3v) is 5.29. The molecule has 2 heterocycles. The zero-order chi connectivity index (χ0) is 20.2. The van der Waals surface area contributed by atoms with E-state index in [-0.39, 0.29) is 0 Å². The van der Waals surface area contributed by atoms with Crippen LogP contribution in [0.5, 0.6) is 5.75 Å². The van der Waals surface area contributed by atoms with Crippen molar-refractivity contribution in [2.24, 2.45) is 0 Å². The molecule has 0 atom stereocenters. The molecule has 1 N–H and O–H groups in total. The van der Waals surface area contributed by atoms with Crippen molar-refractivity contribution < 1.29 is 9.47 Å². The van der Waals surface area contributed by atoms with Crippen LogP contribution in [0.15, 0.2) is 61.1 Å². The molecule has 2 aromatic heterocycles. The van der Waals surface area contributed by atoms with Crippen LogP contribution in [0.1, 0.15) is 0 Å². The molecule has 7 heteroatoms. The lowest BCUT2D eigenvalue weighted by Gasteiger charge is -2.13. The van der Waals surface area contributed by atoms with Crippen molar-refractivity contribution in [3.05, 3.63) is 64.6 Å². The zero-order valence-electron chi connectivity index (χ0n) is 16.2. The largest absolute Gasteiger partial charge is 0.497 e. The van der Waals surface area contributed by atoms with E-state index >= 15 is 0 Å². The highest BCUT2D eigenvalue weighted by atomic mass is 127. The molecule has 0 aliphatic heterocycles. The van der Waals surface area contributed by atoms with Gasteiger partial charge in [-0.1, -0.05) is 0 Å². The average Bonchev–Trinajstić information content (AvgIpc) is 3.21. The van der Waals surface area contributed by atoms with Crippen molar-refractivity contribution >= 4 is 44.9 Å². The predicted molar refractivity (Wildman–Crippen MR) is 124 cm³/mol. The predicted octanol–water partition coefficient (Wildman–Crippen LogP) is 5.10. The van der Waals surface area contributed by atoms with Gasteiger partial charge in [-0.25, -0.2) is 0 Å². The highest BCUT2D eigenvalue weighted by Crippen LogP contribution is 2.32. The van der Waals surface area contributed by atoms with Crippen LogP contribution < -0.4 is 10.1 Å². The number of hydrogen-bond donors (Lipinski definition) is 1. The van der Waals surface area contributed by atoms with Gasteiger partial charge in [0.1, 0.15) is 5.75 Å². The molecule has 0 aliphatic carbocycles. The maximum Gasteiger partial charge on any atom is 0.121 e. The number of methoxy groups -OCH3 is 2. The minimum atomic E-state index is 0.625. The maximum atomic E-state index is 5.53. The molecule has 4 aromatic rings. The maximum absolute atomic E-state index is 5.53. The summed E-state index contributed by atoms with van der Waals surface area (Å²) in [4.78, 5) is 4.46. The van der Waals surface area contributed by atoms with Crippen molar-refractivity contribution in [2.45, 2.75) is 6.54 Å². The Kier molecular flexibility index (Phi) is 5.96.